The maximum atomic E-state index is 12.7. The molecule has 1 saturated carbocycles. The Morgan fingerprint density at radius 1 is 1.57 bits per heavy atom. The van der Waals surface area contributed by atoms with Crippen molar-refractivity contribution in [2.75, 3.05) is 20.2 Å². The van der Waals surface area contributed by atoms with Gasteiger partial charge in [-0.05, 0) is 30.2 Å². The van der Waals surface area contributed by atoms with Crippen molar-refractivity contribution >= 4 is 27.3 Å². The number of ether oxygens (including phenoxy) is 1. The number of hydrogen-bond acceptors (Lipinski definition) is 5. The van der Waals surface area contributed by atoms with Crippen molar-refractivity contribution in [2.24, 2.45) is 11.3 Å². The molecular formula is C13H17NO5S2. The summed E-state index contributed by atoms with van der Waals surface area (Å²) in [6.07, 6.45) is 2.19. The van der Waals surface area contributed by atoms with Crippen molar-refractivity contribution in [3.05, 3.63) is 11.4 Å². The van der Waals surface area contributed by atoms with E-state index in [0.29, 0.717) is 12.2 Å². The summed E-state index contributed by atoms with van der Waals surface area (Å²) in [4.78, 5) is 11.6. The molecule has 1 aromatic rings. The second-order valence-corrected chi connectivity index (χ2v) is 8.67. The van der Waals surface area contributed by atoms with E-state index in [0.717, 1.165) is 24.2 Å². The van der Waals surface area contributed by atoms with Crippen molar-refractivity contribution in [2.45, 2.75) is 23.5 Å². The van der Waals surface area contributed by atoms with Gasteiger partial charge in [0, 0.05) is 13.1 Å². The molecule has 1 aliphatic heterocycles. The van der Waals surface area contributed by atoms with E-state index in [4.69, 9.17) is 4.74 Å². The number of aliphatic carboxylic acids is 1. The van der Waals surface area contributed by atoms with Crippen LogP contribution in [0.2, 0.25) is 0 Å². The summed E-state index contributed by atoms with van der Waals surface area (Å²) < 4.78 is 32.0. The molecule has 21 heavy (non-hydrogen) atoms. The molecule has 2 fully saturated rings. The summed E-state index contributed by atoms with van der Waals surface area (Å²) in [7, 11) is -2.26. The fraction of sp³-hybridized carbons (Fsp3) is 0.615. The molecule has 1 aromatic heterocycles. The van der Waals surface area contributed by atoms with Gasteiger partial charge in [0.05, 0.1) is 12.5 Å². The van der Waals surface area contributed by atoms with Crippen LogP contribution in [-0.2, 0) is 14.8 Å². The fourth-order valence-electron chi connectivity index (χ4n) is 3.52. The molecule has 1 saturated heterocycles. The summed E-state index contributed by atoms with van der Waals surface area (Å²) in [6, 6.07) is 1.61. The molecule has 0 amide bonds. The molecule has 2 aliphatic rings. The lowest BCUT2D eigenvalue weighted by atomic mass is 9.81. The van der Waals surface area contributed by atoms with Gasteiger partial charge in [-0.25, -0.2) is 8.42 Å². The lowest BCUT2D eigenvalue weighted by Gasteiger charge is -2.23. The number of rotatable bonds is 4. The van der Waals surface area contributed by atoms with E-state index in [1.165, 1.54) is 11.4 Å². The molecule has 6 nitrogen and oxygen atoms in total. The minimum Gasteiger partial charge on any atom is -0.494 e. The first-order valence-electron chi connectivity index (χ1n) is 6.77. The number of thiophene rings is 1. The zero-order valence-electron chi connectivity index (χ0n) is 11.6. The fourth-order valence-corrected chi connectivity index (χ4v) is 6.48. The number of methoxy groups -OCH3 is 1. The van der Waals surface area contributed by atoms with Crippen molar-refractivity contribution in [1.82, 2.24) is 4.31 Å². The van der Waals surface area contributed by atoms with Crippen LogP contribution in [0.15, 0.2) is 15.7 Å². The van der Waals surface area contributed by atoms with Crippen LogP contribution in [0.25, 0.3) is 0 Å². The molecule has 0 radical (unpaired) electrons. The zero-order chi connectivity index (χ0) is 15.3. The Morgan fingerprint density at radius 2 is 2.33 bits per heavy atom. The molecule has 1 aliphatic carbocycles. The Hall–Kier alpha value is -1.12. The van der Waals surface area contributed by atoms with Crippen LogP contribution in [0.4, 0.5) is 0 Å². The molecule has 0 unspecified atom stereocenters. The van der Waals surface area contributed by atoms with Crippen LogP contribution >= 0.6 is 11.3 Å². The molecule has 2 heterocycles. The topological polar surface area (TPSA) is 83.9 Å². The number of carboxylic acid groups (broad SMARTS) is 1. The van der Waals surface area contributed by atoms with E-state index in [2.05, 4.69) is 0 Å². The standard InChI is InChI=1S/C13H17NO5S2/c1-19-10-4-6-20-11(10)21(17,18)14-7-9-3-2-5-13(9,8-14)12(15)16/h4,6,9H,2-3,5,7-8H2,1H3,(H,15,16)/t9-,13+/m0/s1. The smallest absolute Gasteiger partial charge is 0.311 e. The first-order valence-corrected chi connectivity index (χ1v) is 9.09. The lowest BCUT2D eigenvalue weighted by molar-refractivity contribution is -0.149. The van der Waals surface area contributed by atoms with Gasteiger partial charge in [-0.15, -0.1) is 11.3 Å². The second kappa shape index (κ2) is 4.96. The van der Waals surface area contributed by atoms with Gasteiger partial charge in [-0.2, -0.15) is 4.31 Å². The van der Waals surface area contributed by atoms with Gasteiger partial charge in [-0.1, -0.05) is 6.42 Å². The third-order valence-corrected chi connectivity index (χ3v) is 7.89. The first-order chi connectivity index (χ1) is 9.91. The maximum absolute atomic E-state index is 12.7. The van der Waals surface area contributed by atoms with E-state index >= 15 is 0 Å². The van der Waals surface area contributed by atoms with E-state index in [-0.39, 0.29) is 23.2 Å². The van der Waals surface area contributed by atoms with E-state index in [1.54, 1.807) is 11.4 Å². The first kappa shape index (κ1) is 14.8. The minimum absolute atomic E-state index is 0.0659. The van der Waals surface area contributed by atoms with Gasteiger partial charge >= 0.3 is 5.97 Å². The summed E-state index contributed by atoms with van der Waals surface area (Å²) in [5.74, 6) is -0.641. The highest BCUT2D eigenvalue weighted by atomic mass is 32.2. The van der Waals surface area contributed by atoms with Gasteiger partial charge in [0.25, 0.3) is 10.0 Å². The summed E-state index contributed by atoms with van der Waals surface area (Å²) >= 11 is 1.10. The van der Waals surface area contributed by atoms with Crippen LogP contribution in [0, 0.1) is 11.3 Å². The highest BCUT2D eigenvalue weighted by Gasteiger charge is 2.57. The van der Waals surface area contributed by atoms with Crippen LogP contribution in [0.5, 0.6) is 5.75 Å². The SMILES string of the molecule is COc1ccsc1S(=O)(=O)N1C[C@@H]2CCC[C@@]2(C(=O)O)C1. The zero-order valence-corrected chi connectivity index (χ0v) is 13.2. The van der Waals surface area contributed by atoms with Gasteiger partial charge in [0.15, 0.2) is 4.21 Å². The van der Waals surface area contributed by atoms with Gasteiger partial charge in [0.2, 0.25) is 0 Å². The highest BCUT2D eigenvalue weighted by Crippen LogP contribution is 2.50. The van der Waals surface area contributed by atoms with Crippen molar-refractivity contribution in [3.8, 4) is 5.75 Å². The highest BCUT2D eigenvalue weighted by molar-refractivity contribution is 7.91. The monoisotopic (exact) mass is 331 g/mol. The Balaban J connectivity index is 1.94. The molecular weight excluding hydrogens is 314 g/mol. The van der Waals surface area contributed by atoms with Crippen molar-refractivity contribution in [3.63, 3.8) is 0 Å². The minimum atomic E-state index is -3.69. The Bertz CT molecular complexity index is 668. The Kier molecular flexibility index (Phi) is 3.50. The number of carboxylic acids is 1. The van der Waals surface area contributed by atoms with Crippen LogP contribution < -0.4 is 4.74 Å². The molecule has 0 aromatic carbocycles. The molecule has 3 rings (SSSR count). The Morgan fingerprint density at radius 3 is 2.95 bits per heavy atom. The van der Waals surface area contributed by atoms with Crippen LogP contribution in [-0.4, -0.2) is 44.0 Å². The second-order valence-electron chi connectivity index (χ2n) is 5.62. The molecule has 1 N–H and O–H groups in total. The quantitative estimate of drug-likeness (QED) is 0.906. The van der Waals surface area contributed by atoms with Crippen molar-refractivity contribution in [1.29, 1.82) is 0 Å². The average Bonchev–Trinajstić information content (AvgIpc) is 3.11. The number of hydrogen-bond donors (Lipinski definition) is 1. The summed E-state index contributed by atoms with van der Waals surface area (Å²) in [6.45, 7) is 0.353. The number of carbonyl (C=O) groups is 1. The summed E-state index contributed by atoms with van der Waals surface area (Å²) in [5, 5.41) is 11.2. The largest absolute Gasteiger partial charge is 0.494 e. The maximum Gasteiger partial charge on any atom is 0.311 e. The number of nitrogens with zero attached hydrogens (tertiary/aromatic N) is 1. The summed E-state index contributed by atoms with van der Waals surface area (Å²) in [5.41, 5.74) is -0.905. The van der Waals surface area contributed by atoms with Crippen LogP contribution in [0.1, 0.15) is 19.3 Å². The van der Waals surface area contributed by atoms with E-state index < -0.39 is 21.4 Å². The molecule has 116 valence electrons. The molecule has 2 atom stereocenters. The lowest BCUT2D eigenvalue weighted by Crippen LogP contribution is -2.37. The van der Waals surface area contributed by atoms with Crippen molar-refractivity contribution < 1.29 is 23.1 Å². The average molecular weight is 331 g/mol. The Labute approximate surface area is 127 Å². The molecule has 8 heteroatoms. The molecule has 0 spiro atoms. The van der Waals surface area contributed by atoms with Crippen LogP contribution in [0.3, 0.4) is 0 Å². The third kappa shape index (κ3) is 2.08. The van der Waals surface area contributed by atoms with E-state index in [9.17, 15) is 18.3 Å². The third-order valence-electron chi connectivity index (χ3n) is 4.66. The van der Waals surface area contributed by atoms with E-state index in [1.807, 2.05) is 0 Å². The van der Waals surface area contributed by atoms with Gasteiger partial charge < -0.3 is 9.84 Å². The number of sulfonamides is 1. The van der Waals surface area contributed by atoms with Gasteiger partial charge in [-0.3, -0.25) is 4.79 Å². The number of fused-ring (bicyclic) bond motifs is 1. The predicted molar refractivity (Wildman–Crippen MR) is 77.0 cm³/mol. The predicted octanol–water partition coefficient (Wildman–Crippen LogP) is 1.63. The normalized spacial score (nSPS) is 29.5. The molecule has 0 bridgehead atoms. The van der Waals surface area contributed by atoms with Gasteiger partial charge in [0.1, 0.15) is 5.75 Å².